The fourth-order valence-electron chi connectivity index (χ4n) is 3.66. The van der Waals surface area contributed by atoms with Gasteiger partial charge in [0.25, 0.3) is 5.91 Å². The summed E-state index contributed by atoms with van der Waals surface area (Å²) in [5, 5.41) is 3.93. The van der Waals surface area contributed by atoms with Crippen LogP contribution in [0.15, 0.2) is 34.9 Å². The Labute approximate surface area is 140 Å². The second kappa shape index (κ2) is 6.36. The third kappa shape index (κ3) is 2.94. The van der Waals surface area contributed by atoms with Gasteiger partial charge in [0.05, 0.1) is 0 Å². The summed E-state index contributed by atoms with van der Waals surface area (Å²) in [5.41, 5.74) is 1.09. The molecule has 6 heteroatoms. The molecule has 24 heavy (non-hydrogen) atoms. The maximum absolute atomic E-state index is 13.3. The van der Waals surface area contributed by atoms with Gasteiger partial charge in [-0.15, -0.1) is 0 Å². The first-order valence-corrected chi connectivity index (χ1v) is 8.47. The highest BCUT2D eigenvalue weighted by atomic mass is 19.1. The second-order valence-corrected chi connectivity index (χ2v) is 6.52. The van der Waals surface area contributed by atoms with E-state index < -0.39 is 0 Å². The minimum atomic E-state index is -0.336. The Balaban J connectivity index is 1.49. The summed E-state index contributed by atoms with van der Waals surface area (Å²) in [4.78, 5) is 17.0. The Hall–Kier alpha value is -2.21. The Morgan fingerprint density at radius 1 is 1.21 bits per heavy atom. The summed E-state index contributed by atoms with van der Waals surface area (Å²) < 4.78 is 18.6. The molecule has 1 atom stereocenters. The Bertz CT molecular complexity index is 745. The third-order valence-corrected chi connectivity index (χ3v) is 4.97. The third-order valence-electron chi connectivity index (χ3n) is 4.97. The van der Waals surface area contributed by atoms with E-state index in [1.807, 2.05) is 4.90 Å². The molecule has 0 spiro atoms. The number of hydrogen-bond acceptors (Lipinski definition) is 4. The van der Waals surface area contributed by atoms with Gasteiger partial charge in [-0.25, -0.2) is 4.39 Å². The zero-order valence-corrected chi connectivity index (χ0v) is 13.4. The van der Waals surface area contributed by atoms with Gasteiger partial charge in [-0.3, -0.25) is 9.69 Å². The van der Waals surface area contributed by atoms with Gasteiger partial charge in [0, 0.05) is 37.3 Å². The van der Waals surface area contributed by atoms with Crippen molar-refractivity contribution in [2.24, 2.45) is 0 Å². The van der Waals surface area contributed by atoms with E-state index in [0.717, 1.165) is 26.1 Å². The lowest BCUT2D eigenvalue weighted by Crippen LogP contribution is -2.56. The minimum Gasteiger partial charge on any atom is -0.350 e. The highest BCUT2D eigenvalue weighted by molar-refractivity contribution is 5.92. The van der Waals surface area contributed by atoms with Crippen LogP contribution in [0.3, 0.4) is 0 Å². The van der Waals surface area contributed by atoms with Crippen LogP contribution < -0.4 is 0 Å². The lowest BCUT2D eigenvalue weighted by molar-refractivity contribution is 0.0344. The van der Waals surface area contributed by atoms with Crippen LogP contribution in [0, 0.1) is 5.82 Å². The number of hydrogen-bond donors (Lipinski definition) is 0. The summed E-state index contributed by atoms with van der Waals surface area (Å²) >= 11 is 0. The smallest absolute Gasteiger partial charge is 0.292 e. The Morgan fingerprint density at radius 2 is 2.12 bits per heavy atom. The van der Waals surface area contributed by atoms with Gasteiger partial charge in [-0.05, 0) is 31.5 Å². The zero-order chi connectivity index (χ0) is 16.5. The summed E-state index contributed by atoms with van der Waals surface area (Å²) in [5.74, 6) is -0.245. The van der Waals surface area contributed by atoms with Gasteiger partial charge >= 0.3 is 0 Å². The molecule has 5 nitrogen and oxygen atoms in total. The molecule has 2 aliphatic rings. The van der Waals surface area contributed by atoms with Gasteiger partial charge in [0.2, 0.25) is 5.76 Å². The molecule has 126 valence electrons. The maximum Gasteiger partial charge on any atom is 0.292 e. The van der Waals surface area contributed by atoms with Crippen molar-refractivity contribution < 1.29 is 13.7 Å². The van der Waals surface area contributed by atoms with Crippen LogP contribution in [0.2, 0.25) is 0 Å². The summed E-state index contributed by atoms with van der Waals surface area (Å²) in [6.45, 7) is 3.51. The van der Waals surface area contributed by atoms with E-state index in [4.69, 9.17) is 4.52 Å². The van der Waals surface area contributed by atoms with Crippen molar-refractivity contribution in [3.8, 4) is 11.3 Å². The van der Waals surface area contributed by atoms with Gasteiger partial charge in [-0.1, -0.05) is 23.7 Å². The van der Waals surface area contributed by atoms with Crippen LogP contribution in [-0.2, 0) is 0 Å². The van der Waals surface area contributed by atoms with E-state index in [-0.39, 0.29) is 17.5 Å². The predicted molar refractivity (Wildman–Crippen MR) is 87.0 cm³/mol. The molecule has 1 aromatic heterocycles. The molecular formula is C18H20FN3O2. The molecule has 0 aliphatic carbocycles. The molecule has 0 bridgehead atoms. The van der Waals surface area contributed by atoms with Gasteiger partial charge in [0.15, 0.2) is 0 Å². The molecule has 2 fully saturated rings. The normalized spacial score (nSPS) is 21.5. The van der Waals surface area contributed by atoms with Gasteiger partial charge < -0.3 is 9.42 Å². The number of fused-ring (bicyclic) bond motifs is 1. The van der Waals surface area contributed by atoms with E-state index in [1.54, 1.807) is 18.2 Å². The summed E-state index contributed by atoms with van der Waals surface area (Å²) in [7, 11) is 0. The predicted octanol–water partition coefficient (Wildman–Crippen LogP) is 2.79. The number of amides is 1. The second-order valence-electron chi connectivity index (χ2n) is 6.52. The fourth-order valence-corrected chi connectivity index (χ4v) is 3.66. The number of rotatable bonds is 2. The van der Waals surface area contributed by atoms with E-state index in [0.29, 0.717) is 23.8 Å². The average Bonchev–Trinajstić information content (AvgIpc) is 3.11. The molecular weight excluding hydrogens is 309 g/mol. The quantitative estimate of drug-likeness (QED) is 0.850. The van der Waals surface area contributed by atoms with Crippen LogP contribution in [0.25, 0.3) is 11.3 Å². The number of aromatic nitrogens is 1. The zero-order valence-electron chi connectivity index (χ0n) is 13.4. The summed E-state index contributed by atoms with van der Waals surface area (Å²) in [6.07, 6.45) is 3.63. The van der Waals surface area contributed by atoms with Gasteiger partial charge in [0.1, 0.15) is 11.5 Å². The van der Waals surface area contributed by atoms with E-state index >= 15 is 0 Å². The lowest BCUT2D eigenvalue weighted by atomic mass is 9.99. The monoisotopic (exact) mass is 329 g/mol. The Kier molecular flexibility index (Phi) is 4.06. The molecule has 0 radical (unpaired) electrons. The lowest BCUT2D eigenvalue weighted by Gasteiger charge is -2.43. The van der Waals surface area contributed by atoms with E-state index in [1.165, 1.54) is 25.0 Å². The van der Waals surface area contributed by atoms with Crippen LogP contribution >= 0.6 is 0 Å². The number of halogens is 1. The van der Waals surface area contributed by atoms with E-state index in [9.17, 15) is 9.18 Å². The van der Waals surface area contributed by atoms with Crippen molar-refractivity contribution in [2.75, 3.05) is 26.2 Å². The van der Waals surface area contributed by atoms with E-state index in [2.05, 4.69) is 10.1 Å². The topological polar surface area (TPSA) is 49.6 Å². The molecule has 0 unspecified atom stereocenters. The first-order chi connectivity index (χ1) is 11.7. The minimum absolute atomic E-state index is 0.129. The Morgan fingerprint density at radius 3 is 3.00 bits per heavy atom. The first kappa shape index (κ1) is 15.3. The SMILES string of the molecule is O=C(c1cc(-c2cccc(F)c2)no1)N1CCN2CCCC[C@H]2C1. The number of piperazine rings is 1. The van der Waals surface area contributed by atoms with Crippen LogP contribution in [0.1, 0.15) is 29.8 Å². The van der Waals surface area contributed by atoms with Crippen LogP contribution in [-0.4, -0.2) is 53.1 Å². The van der Waals surface area contributed by atoms with Crippen molar-refractivity contribution in [3.05, 3.63) is 41.9 Å². The van der Waals surface area contributed by atoms with Crippen molar-refractivity contribution >= 4 is 5.91 Å². The van der Waals surface area contributed by atoms with Gasteiger partial charge in [-0.2, -0.15) is 0 Å². The van der Waals surface area contributed by atoms with Crippen molar-refractivity contribution in [1.29, 1.82) is 0 Å². The molecule has 2 aliphatic heterocycles. The summed E-state index contributed by atoms with van der Waals surface area (Å²) in [6, 6.07) is 8.18. The molecule has 0 saturated carbocycles. The molecule has 1 amide bonds. The van der Waals surface area contributed by atoms with Crippen LogP contribution in [0.4, 0.5) is 4.39 Å². The maximum atomic E-state index is 13.3. The number of carbonyl (C=O) groups is 1. The molecule has 2 aromatic rings. The van der Waals surface area contributed by atoms with Crippen molar-refractivity contribution in [1.82, 2.24) is 15.0 Å². The molecule has 0 N–H and O–H groups in total. The molecule has 4 rings (SSSR count). The highest BCUT2D eigenvalue weighted by Crippen LogP contribution is 2.24. The van der Waals surface area contributed by atoms with Crippen molar-refractivity contribution in [3.63, 3.8) is 0 Å². The largest absolute Gasteiger partial charge is 0.350 e. The number of piperidine rings is 1. The fraction of sp³-hybridized carbons (Fsp3) is 0.444. The molecule has 2 saturated heterocycles. The number of carbonyl (C=O) groups excluding carboxylic acids is 1. The van der Waals surface area contributed by atoms with Crippen molar-refractivity contribution in [2.45, 2.75) is 25.3 Å². The molecule has 3 heterocycles. The highest BCUT2D eigenvalue weighted by Gasteiger charge is 2.32. The first-order valence-electron chi connectivity index (χ1n) is 8.47. The average molecular weight is 329 g/mol. The number of nitrogens with zero attached hydrogens (tertiary/aromatic N) is 3. The standard InChI is InChI=1S/C18H20FN3O2/c19-14-5-3-4-13(10-14)16-11-17(24-20-16)18(23)22-9-8-21-7-2-1-6-15(21)12-22/h3-5,10-11,15H,1-2,6-9,12H2/t15-/m0/s1. The molecule has 1 aromatic carbocycles. The number of benzene rings is 1. The van der Waals surface area contributed by atoms with Crippen LogP contribution in [0.5, 0.6) is 0 Å².